The minimum absolute atomic E-state index is 0.139. The van der Waals surface area contributed by atoms with Crippen molar-refractivity contribution >= 4 is 5.90 Å². The van der Waals surface area contributed by atoms with Gasteiger partial charge in [-0.3, -0.25) is 5.41 Å². The first-order valence-electron chi connectivity index (χ1n) is 3.04. The van der Waals surface area contributed by atoms with Gasteiger partial charge < -0.3 is 9.72 Å². The van der Waals surface area contributed by atoms with Gasteiger partial charge in [0.25, 0.3) is 0 Å². The summed E-state index contributed by atoms with van der Waals surface area (Å²) < 4.78 is 4.90. The molecular formula is C6H9N3O. The van der Waals surface area contributed by atoms with Crippen LogP contribution >= 0.6 is 0 Å². The first-order valence-corrected chi connectivity index (χ1v) is 3.04. The van der Waals surface area contributed by atoms with Gasteiger partial charge in [0.15, 0.2) is 0 Å². The fourth-order valence-electron chi connectivity index (χ4n) is 0.602. The van der Waals surface area contributed by atoms with Gasteiger partial charge in [0, 0.05) is 0 Å². The van der Waals surface area contributed by atoms with Gasteiger partial charge in [-0.25, -0.2) is 4.98 Å². The number of rotatable bonds is 2. The van der Waals surface area contributed by atoms with Crippen LogP contribution in [0.5, 0.6) is 0 Å². The number of ether oxygens (including phenoxy) is 1. The van der Waals surface area contributed by atoms with Gasteiger partial charge in [-0.05, 0) is 6.92 Å². The number of H-pyrrole nitrogens is 1. The molecule has 1 aromatic heterocycles. The Bertz CT molecular complexity index is 205. The van der Waals surface area contributed by atoms with Crippen LogP contribution in [0.2, 0.25) is 0 Å². The molecule has 0 aliphatic carbocycles. The lowest BCUT2D eigenvalue weighted by molar-refractivity contribution is 0.324. The fourth-order valence-corrected chi connectivity index (χ4v) is 0.602. The van der Waals surface area contributed by atoms with Crippen molar-refractivity contribution in [3.63, 3.8) is 0 Å². The Kier molecular flexibility index (Phi) is 2.04. The average Bonchev–Trinajstić information content (AvgIpc) is 2.38. The fraction of sp³-hybridized carbons (Fsp3) is 0.333. The van der Waals surface area contributed by atoms with Gasteiger partial charge in [0.05, 0.1) is 19.1 Å². The Morgan fingerprint density at radius 3 is 3.20 bits per heavy atom. The Labute approximate surface area is 58.8 Å². The molecule has 2 N–H and O–H groups in total. The lowest BCUT2D eigenvalue weighted by Crippen LogP contribution is -2.04. The Morgan fingerprint density at radius 1 is 1.90 bits per heavy atom. The van der Waals surface area contributed by atoms with Crippen LogP contribution in [0.1, 0.15) is 12.6 Å². The molecule has 0 saturated heterocycles. The zero-order chi connectivity index (χ0) is 7.40. The van der Waals surface area contributed by atoms with E-state index < -0.39 is 0 Å². The van der Waals surface area contributed by atoms with Gasteiger partial charge in [-0.2, -0.15) is 0 Å². The number of aromatic amines is 1. The summed E-state index contributed by atoms with van der Waals surface area (Å²) in [4.78, 5) is 6.51. The Morgan fingerprint density at radius 2 is 2.70 bits per heavy atom. The minimum atomic E-state index is 0.139. The molecule has 0 spiro atoms. The van der Waals surface area contributed by atoms with Crippen molar-refractivity contribution in [3.8, 4) is 0 Å². The summed E-state index contributed by atoms with van der Waals surface area (Å²) >= 11 is 0. The highest BCUT2D eigenvalue weighted by Crippen LogP contribution is 1.93. The monoisotopic (exact) mass is 139 g/mol. The Hall–Kier alpha value is -1.32. The average molecular weight is 139 g/mol. The molecule has 0 radical (unpaired) electrons. The minimum Gasteiger partial charge on any atom is -0.477 e. The van der Waals surface area contributed by atoms with Gasteiger partial charge >= 0.3 is 0 Å². The van der Waals surface area contributed by atoms with Crippen molar-refractivity contribution in [1.29, 1.82) is 5.41 Å². The second-order valence-corrected chi connectivity index (χ2v) is 1.73. The van der Waals surface area contributed by atoms with E-state index in [4.69, 9.17) is 10.1 Å². The summed E-state index contributed by atoms with van der Waals surface area (Å²) in [6.45, 7) is 2.35. The van der Waals surface area contributed by atoms with Gasteiger partial charge in [-0.1, -0.05) is 0 Å². The van der Waals surface area contributed by atoms with E-state index in [0.29, 0.717) is 12.3 Å². The van der Waals surface area contributed by atoms with E-state index in [2.05, 4.69) is 9.97 Å². The van der Waals surface area contributed by atoms with Crippen LogP contribution in [0.4, 0.5) is 0 Å². The van der Waals surface area contributed by atoms with Crippen LogP contribution in [-0.4, -0.2) is 22.5 Å². The SMILES string of the molecule is CCOC(=N)c1cnc[nH]1. The molecule has 0 saturated carbocycles. The van der Waals surface area contributed by atoms with Crippen LogP contribution in [-0.2, 0) is 4.74 Å². The largest absolute Gasteiger partial charge is 0.477 e. The smallest absolute Gasteiger partial charge is 0.231 e. The van der Waals surface area contributed by atoms with E-state index in [-0.39, 0.29) is 5.90 Å². The maximum Gasteiger partial charge on any atom is 0.231 e. The molecule has 4 nitrogen and oxygen atoms in total. The second kappa shape index (κ2) is 3.00. The van der Waals surface area contributed by atoms with Gasteiger partial charge in [0.2, 0.25) is 5.90 Å². The molecule has 1 rings (SSSR count). The molecule has 54 valence electrons. The van der Waals surface area contributed by atoms with E-state index >= 15 is 0 Å². The quantitative estimate of drug-likeness (QED) is 0.469. The van der Waals surface area contributed by atoms with E-state index in [1.807, 2.05) is 6.92 Å². The summed E-state index contributed by atoms with van der Waals surface area (Å²) in [5.74, 6) is 0.139. The summed E-state index contributed by atoms with van der Waals surface area (Å²) in [6.07, 6.45) is 3.07. The van der Waals surface area contributed by atoms with Crippen molar-refractivity contribution in [2.75, 3.05) is 6.61 Å². The number of imidazole rings is 1. The number of nitrogens with zero attached hydrogens (tertiary/aromatic N) is 1. The number of hydrogen-bond acceptors (Lipinski definition) is 3. The molecule has 1 heterocycles. The molecule has 0 aliphatic heterocycles. The molecule has 10 heavy (non-hydrogen) atoms. The zero-order valence-corrected chi connectivity index (χ0v) is 5.72. The molecule has 0 aliphatic rings. The third-order valence-electron chi connectivity index (χ3n) is 1.03. The van der Waals surface area contributed by atoms with E-state index in [1.54, 1.807) is 6.20 Å². The topological polar surface area (TPSA) is 61.8 Å². The normalized spacial score (nSPS) is 9.30. The van der Waals surface area contributed by atoms with Gasteiger partial charge in [0.1, 0.15) is 5.69 Å². The maximum atomic E-state index is 7.25. The Balaban J connectivity index is 2.59. The summed E-state index contributed by atoms with van der Waals surface area (Å²) in [7, 11) is 0. The summed E-state index contributed by atoms with van der Waals surface area (Å²) in [6, 6.07) is 0. The highest BCUT2D eigenvalue weighted by Gasteiger charge is 2.00. The first kappa shape index (κ1) is 6.80. The maximum absolute atomic E-state index is 7.25. The predicted octanol–water partition coefficient (Wildman–Crippen LogP) is 0.772. The van der Waals surface area contributed by atoms with Crippen molar-refractivity contribution in [2.45, 2.75) is 6.92 Å². The molecule has 0 amide bonds. The molecule has 1 aromatic rings. The number of hydrogen-bond donors (Lipinski definition) is 2. The second-order valence-electron chi connectivity index (χ2n) is 1.73. The van der Waals surface area contributed by atoms with Gasteiger partial charge in [-0.15, -0.1) is 0 Å². The van der Waals surface area contributed by atoms with E-state index in [0.717, 1.165) is 0 Å². The van der Waals surface area contributed by atoms with E-state index in [1.165, 1.54) is 6.33 Å². The van der Waals surface area contributed by atoms with Crippen LogP contribution in [0.3, 0.4) is 0 Å². The van der Waals surface area contributed by atoms with Crippen molar-refractivity contribution in [2.24, 2.45) is 0 Å². The standard InChI is InChI=1S/C6H9N3O/c1-2-10-6(7)5-3-8-4-9-5/h3-4,7H,2H2,1H3,(H,8,9). The van der Waals surface area contributed by atoms with Crippen molar-refractivity contribution < 1.29 is 4.74 Å². The molecule has 0 bridgehead atoms. The lowest BCUT2D eigenvalue weighted by Gasteiger charge is -1.99. The molecule has 0 unspecified atom stereocenters. The third-order valence-corrected chi connectivity index (χ3v) is 1.03. The highest BCUT2D eigenvalue weighted by molar-refractivity contribution is 5.89. The molecule has 0 aromatic carbocycles. The summed E-state index contributed by atoms with van der Waals surface area (Å²) in [5, 5.41) is 7.25. The summed E-state index contributed by atoms with van der Waals surface area (Å²) in [5.41, 5.74) is 0.613. The zero-order valence-electron chi connectivity index (χ0n) is 5.72. The van der Waals surface area contributed by atoms with Crippen molar-refractivity contribution in [1.82, 2.24) is 9.97 Å². The highest BCUT2D eigenvalue weighted by atomic mass is 16.5. The molecular weight excluding hydrogens is 130 g/mol. The number of aromatic nitrogens is 2. The van der Waals surface area contributed by atoms with E-state index in [9.17, 15) is 0 Å². The first-order chi connectivity index (χ1) is 4.84. The number of nitrogens with one attached hydrogen (secondary N) is 2. The van der Waals surface area contributed by atoms with Crippen LogP contribution in [0.25, 0.3) is 0 Å². The van der Waals surface area contributed by atoms with Crippen molar-refractivity contribution in [3.05, 3.63) is 18.2 Å². The van der Waals surface area contributed by atoms with Crippen LogP contribution in [0.15, 0.2) is 12.5 Å². The van der Waals surface area contributed by atoms with Crippen LogP contribution < -0.4 is 0 Å². The molecule has 4 heteroatoms. The molecule has 0 fully saturated rings. The van der Waals surface area contributed by atoms with Crippen LogP contribution in [0, 0.1) is 5.41 Å². The predicted molar refractivity (Wildman–Crippen MR) is 37.0 cm³/mol. The molecule has 0 atom stereocenters. The lowest BCUT2D eigenvalue weighted by atomic mass is 10.5. The third kappa shape index (κ3) is 1.34.